The minimum Gasteiger partial charge on any atom is -0.328 e. The molecule has 0 atom stereocenters. The summed E-state index contributed by atoms with van der Waals surface area (Å²) >= 11 is 0. The molecule has 0 spiro atoms. The summed E-state index contributed by atoms with van der Waals surface area (Å²) < 4.78 is 2.16. The molecule has 1 aromatic carbocycles. The van der Waals surface area contributed by atoms with Crippen molar-refractivity contribution in [3.63, 3.8) is 0 Å². The lowest BCUT2D eigenvalue weighted by Gasteiger charge is -2.08. The van der Waals surface area contributed by atoms with Gasteiger partial charge in [0.05, 0.1) is 17.4 Å². The zero-order chi connectivity index (χ0) is 10.1. The average molecular weight is 189 g/mol. The molecule has 1 aromatic heterocycles. The molecule has 0 unspecified atom stereocenters. The first-order chi connectivity index (χ1) is 6.72. The highest BCUT2D eigenvalue weighted by molar-refractivity contribution is 5.76. The lowest BCUT2D eigenvalue weighted by molar-refractivity contribution is 0.617. The molecule has 0 aliphatic heterocycles. The Morgan fingerprint density at radius 1 is 1.43 bits per heavy atom. The molecule has 3 heteroatoms. The van der Waals surface area contributed by atoms with Crippen molar-refractivity contribution in [1.29, 1.82) is 0 Å². The Bertz CT molecular complexity index is 443. The van der Waals surface area contributed by atoms with Gasteiger partial charge in [-0.15, -0.1) is 0 Å². The second kappa shape index (κ2) is 3.42. The van der Waals surface area contributed by atoms with Crippen molar-refractivity contribution < 1.29 is 0 Å². The van der Waals surface area contributed by atoms with Crippen LogP contribution in [0.5, 0.6) is 0 Å². The fourth-order valence-corrected chi connectivity index (χ4v) is 1.61. The smallest absolute Gasteiger partial charge is 0.0960 e. The molecule has 2 rings (SSSR count). The van der Waals surface area contributed by atoms with Crippen molar-refractivity contribution in [3.05, 3.63) is 30.1 Å². The van der Waals surface area contributed by atoms with Crippen LogP contribution in [0.25, 0.3) is 11.0 Å². The van der Waals surface area contributed by atoms with Gasteiger partial charge in [-0.2, -0.15) is 0 Å². The van der Waals surface area contributed by atoms with E-state index in [-0.39, 0.29) is 0 Å². The monoisotopic (exact) mass is 189 g/mol. The van der Waals surface area contributed by atoms with E-state index in [2.05, 4.69) is 29.5 Å². The van der Waals surface area contributed by atoms with E-state index in [0.717, 1.165) is 11.1 Å². The molecule has 2 N–H and O–H groups in total. The molecule has 0 aliphatic carbocycles. The molecule has 0 saturated heterocycles. The van der Waals surface area contributed by atoms with Crippen molar-refractivity contribution in [3.8, 4) is 0 Å². The van der Waals surface area contributed by atoms with Crippen LogP contribution in [0.15, 0.2) is 24.5 Å². The van der Waals surface area contributed by atoms with Gasteiger partial charge in [-0.25, -0.2) is 4.98 Å². The van der Waals surface area contributed by atoms with Gasteiger partial charge in [0.1, 0.15) is 0 Å². The molecule has 1 heterocycles. The van der Waals surface area contributed by atoms with Crippen molar-refractivity contribution in [2.75, 3.05) is 0 Å². The first-order valence-corrected chi connectivity index (χ1v) is 4.88. The number of nitrogens with two attached hydrogens (primary N) is 1. The summed E-state index contributed by atoms with van der Waals surface area (Å²) in [6.45, 7) is 4.88. The van der Waals surface area contributed by atoms with Gasteiger partial charge in [-0.1, -0.05) is 6.07 Å². The van der Waals surface area contributed by atoms with Crippen molar-refractivity contribution in [1.82, 2.24) is 9.55 Å². The second-order valence-corrected chi connectivity index (χ2v) is 3.77. The predicted octanol–water partition coefficient (Wildman–Crippen LogP) is 2.08. The molecule has 0 amide bonds. The molecule has 0 fully saturated rings. The maximum Gasteiger partial charge on any atom is 0.0960 e. The third-order valence-corrected chi connectivity index (χ3v) is 2.43. The molecule has 0 saturated carbocycles. The van der Waals surface area contributed by atoms with E-state index in [1.54, 1.807) is 0 Å². The predicted molar refractivity (Wildman–Crippen MR) is 58.0 cm³/mol. The SMILES string of the molecule is CC(C)n1cnc2ccc(CN)cc21. The van der Waals surface area contributed by atoms with Gasteiger partial charge in [0.2, 0.25) is 0 Å². The van der Waals surface area contributed by atoms with Crippen LogP contribution in [-0.2, 0) is 6.54 Å². The molecule has 74 valence electrons. The summed E-state index contributed by atoms with van der Waals surface area (Å²) in [6, 6.07) is 6.60. The van der Waals surface area contributed by atoms with E-state index >= 15 is 0 Å². The van der Waals surface area contributed by atoms with Crippen molar-refractivity contribution in [2.24, 2.45) is 5.73 Å². The fourth-order valence-electron chi connectivity index (χ4n) is 1.61. The molecule has 3 nitrogen and oxygen atoms in total. The van der Waals surface area contributed by atoms with Gasteiger partial charge in [0.25, 0.3) is 0 Å². The molecule has 0 radical (unpaired) electrons. The zero-order valence-electron chi connectivity index (χ0n) is 8.57. The minimum atomic E-state index is 0.438. The Morgan fingerprint density at radius 2 is 2.21 bits per heavy atom. The lowest BCUT2D eigenvalue weighted by Crippen LogP contribution is -2.00. The second-order valence-electron chi connectivity index (χ2n) is 3.77. The van der Waals surface area contributed by atoms with Crippen molar-refractivity contribution >= 4 is 11.0 Å². The Hall–Kier alpha value is -1.35. The van der Waals surface area contributed by atoms with Gasteiger partial charge in [0, 0.05) is 12.6 Å². The van der Waals surface area contributed by atoms with Gasteiger partial charge in [0.15, 0.2) is 0 Å². The lowest BCUT2D eigenvalue weighted by atomic mass is 10.2. The maximum atomic E-state index is 5.61. The highest BCUT2D eigenvalue weighted by atomic mass is 15.1. The number of aromatic nitrogens is 2. The fraction of sp³-hybridized carbons (Fsp3) is 0.364. The van der Waals surface area contributed by atoms with Gasteiger partial charge >= 0.3 is 0 Å². The van der Waals surface area contributed by atoms with Crippen molar-refractivity contribution in [2.45, 2.75) is 26.4 Å². The van der Waals surface area contributed by atoms with Crippen LogP contribution in [0.4, 0.5) is 0 Å². The van der Waals surface area contributed by atoms with Gasteiger partial charge in [-0.3, -0.25) is 0 Å². The van der Waals surface area contributed by atoms with Crippen LogP contribution in [0.2, 0.25) is 0 Å². The average Bonchev–Trinajstić information content (AvgIpc) is 2.59. The molecule has 14 heavy (non-hydrogen) atoms. The van der Waals surface area contributed by atoms with Crippen LogP contribution >= 0.6 is 0 Å². The minimum absolute atomic E-state index is 0.438. The van der Waals surface area contributed by atoms with E-state index in [0.29, 0.717) is 12.6 Å². The number of rotatable bonds is 2. The van der Waals surface area contributed by atoms with E-state index in [4.69, 9.17) is 5.73 Å². The number of fused-ring (bicyclic) bond motifs is 1. The van der Waals surface area contributed by atoms with E-state index in [1.165, 1.54) is 5.52 Å². The molecule has 0 bridgehead atoms. The molecule has 0 aliphatic rings. The Balaban J connectivity index is 2.63. The molecule has 2 aromatic rings. The summed E-state index contributed by atoms with van der Waals surface area (Å²) in [5.41, 5.74) is 8.97. The summed E-state index contributed by atoms with van der Waals surface area (Å²) in [4.78, 5) is 4.34. The van der Waals surface area contributed by atoms with E-state index in [1.807, 2.05) is 18.5 Å². The third kappa shape index (κ3) is 1.40. The van der Waals surface area contributed by atoms with Crippen LogP contribution in [0.3, 0.4) is 0 Å². The van der Waals surface area contributed by atoms with E-state index < -0.39 is 0 Å². The van der Waals surface area contributed by atoms with E-state index in [9.17, 15) is 0 Å². The summed E-state index contributed by atoms with van der Waals surface area (Å²) in [7, 11) is 0. The number of imidazole rings is 1. The Labute approximate surface area is 83.6 Å². The summed E-state index contributed by atoms with van der Waals surface area (Å²) in [5, 5.41) is 0. The molecular weight excluding hydrogens is 174 g/mol. The van der Waals surface area contributed by atoms with Crippen LogP contribution in [0, 0.1) is 0 Å². The first kappa shape index (κ1) is 9.21. The van der Waals surface area contributed by atoms with Crippen LogP contribution in [0.1, 0.15) is 25.5 Å². The maximum absolute atomic E-state index is 5.61. The number of nitrogens with zero attached hydrogens (tertiary/aromatic N) is 2. The van der Waals surface area contributed by atoms with Gasteiger partial charge in [-0.05, 0) is 31.5 Å². The number of hydrogen-bond donors (Lipinski definition) is 1. The summed E-state index contributed by atoms with van der Waals surface area (Å²) in [5.74, 6) is 0. The topological polar surface area (TPSA) is 43.8 Å². The Morgan fingerprint density at radius 3 is 2.86 bits per heavy atom. The summed E-state index contributed by atoms with van der Waals surface area (Å²) in [6.07, 6.45) is 1.88. The highest BCUT2D eigenvalue weighted by Crippen LogP contribution is 2.18. The largest absolute Gasteiger partial charge is 0.328 e. The first-order valence-electron chi connectivity index (χ1n) is 4.88. The Kier molecular flexibility index (Phi) is 2.25. The normalized spacial score (nSPS) is 11.4. The van der Waals surface area contributed by atoms with Gasteiger partial charge < -0.3 is 10.3 Å². The zero-order valence-corrected chi connectivity index (χ0v) is 8.57. The van der Waals surface area contributed by atoms with Crippen LogP contribution < -0.4 is 5.73 Å². The highest BCUT2D eigenvalue weighted by Gasteiger charge is 2.05. The quantitative estimate of drug-likeness (QED) is 0.786. The third-order valence-electron chi connectivity index (χ3n) is 2.43. The number of hydrogen-bond acceptors (Lipinski definition) is 2. The standard InChI is InChI=1S/C11H15N3/c1-8(2)14-7-13-10-4-3-9(6-12)5-11(10)14/h3-5,7-8H,6,12H2,1-2H3. The van der Waals surface area contributed by atoms with Crippen LogP contribution in [-0.4, -0.2) is 9.55 Å². The number of benzene rings is 1. The molecular formula is C11H15N3.